The summed E-state index contributed by atoms with van der Waals surface area (Å²) < 4.78 is 7.28. The molecule has 0 radical (unpaired) electrons. The number of nitrogens with one attached hydrogen (secondary N) is 1. The quantitative estimate of drug-likeness (QED) is 0.790. The molecule has 2 aromatic rings. The zero-order chi connectivity index (χ0) is 12.1. The monoisotopic (exact) mass is 231 g/mol. The van der Waals surface area contributed by atoms with Gasteiger partial charge in [0, 0.05) is 32.4 Å². The molecule has 0 bridgehead atoms. The number of nitriles is 1. The second-order valence-electron chi connectivity index (χ2n) is 3.60. The van der Waals surface area contributed by atoms with Crippen molar-refractivity contribution in [1.29, 1.82) is 5.26 Å². The van der Waals surface area contributed by atoms with Crippen LogP contribution < -0.4 is 5.32 Å². The lowest BCUT2D eigenvalue weighted by Gasteiger charge is -2.03. The first-order valence-corrected chi connectivity index (χ1v) is 5.36. The van der Waals surface area contributed by atoms with Crippen molar-refractivity contribution >= 4 is 5.88 Å². The summed E-state index contributed by atoms with van der Waals surface area (Å²) in [4.78, 5) is 7.91. The molecule has 0 amide bonds. The first kappa shape index (κ1) is 11.2. The van der Waals surface area contributed by atoms with Crippen LogP contribution in [0.2, 0.25) is 0 Å². The number of rotatable bonds is 5. The molecule has 0 saturated heterocycles. The minimum absolute atomic E-state index is 0.310. The second kappa shape index (κ2) is 5.16. The molecule has 1 N–H and O–H groups in total. The van der Waals surface area contributed by atoms with Crippen LogP contribution in [0.1, 0.15) is 18.0 Å². The van der Waals surface area contributed by atoms with Crippen LogP contribution in [0, 0.1) is 18.3 Å². The van der Waals surface area contributed by atoms with Crippen LogP contribution in [0.3, 0.4) is 0 Å². The Morgan fingerprint density at radius 1 is 1.59 bits per heavy atom. The van der Waals surface area contributed by atoms with Crippen molar-refractivity contribution in [2.45, 2.75) is 19.9 Å². The summed E-state index contributed by atoms with van der Waals surface area (Å²) in [5, 5.41) is 11.9. The molecular weight excluding hydrogens is 218 g/mol. The summed E-state index contributed by atoms with van der Waals surface area (Å²) >= 11 is 0. The molecule has 0 atom stereocenters. The first-order chi connectivity index (χ1) is 8.29. The SMILES string of the molecule is Cc1nc(C#N)c(NCCCn2ccnc2)o1. The maximum atomic E-state index is 8.81. The molecule has 0 spiro atoms. The average molecular weight is 231 g/mol. The van der Waals surface area contributed by atoms with E-state index in [1.165, 1.54) is 0 Å². The normalized spacial score (nSPS) is 10.1. The number of imidazole rings is 1. The van der Waals surface area contributed by atoms with E-state index in [9.17, 15) is 0 Å². The maximum absolute atomic E-state index is 8.81. The molecule has 0 aliphatic carbocycles. The fourth-order valence-electron chi connectivity index (χ4n) is 1.51. The van der Waals surface area contributed by atoms with Gasteiger partial charge in [-0.3, -0.25) is 0 Å². The molecular formula is C11H13N5O. The van der Waals surface area contributed by atoms with E-state index in [1.54, 1.807) is 19.4 Å². The standard InChI is InChI=1S/C11H13N5O/c1-9-15-10(7-12)11(17-9)14-3-2-5-16-6-4-13-8-16/h4,6,8,14H,2-3,5H2,1H3. The molecule has 0 unspecified atom stereocenters. The lowest BCUT2D eigenvalue weighted by Crippen LogP contribution is -2.06. The van der Waals surface area contributed by atoms with Crippen LogP contribution in [-0.4, -0.2) is 21.1 Å². The lowest BCUT2D eigenvalue weighted by atomic mass is 10.4. The van der Waals surface area contributed by atoms with E-state index in [0.29, 0.717) is 17.5 Å². The topological polar surface area (TPSA) is 79.7 Å². The van der Waals surface area contributed by atoms with Crippen LogP contribution in [-0.2, 0) is 6.54 Å². The van der Waals surface area contributed by atoms with Gasteiger partial charge < -0.3 is 14.3 Å². The van der Waals surface area contributed by atoms with E-state index in [-0.39, 0.29) is 0 Å². The molecule has 2 aromatic heterocycles. The maximum Gasteiger partial charge on any atom is 0.232 e. The highest BCUT2D eigenvalue weighted by atomic mass is 16.4. The molecule has 0 fully saturated rings. The van der Waals surface area contributed by atoms with Gasteiger partial charge in [-0.15, -0.1) is 0 Å². The van der Waals surface area contributed by atoms with Gasteiger partial charge in [-0.2, -0.15) is 5.26 Å². The van der Waals surface area contributed by atoms with Gasteiger partial charge >= 0.3 is 0 Å². The minimum Gasteiger partial charge on any atom is -0.424 e. The van der Waals surface area contributed by atoms with Crippen molar-refractivity contribution in [3.05, 3.63) is 30.3 Å². The van der Waals surface area contributed by atoms with E-state index in [4.69, 9.17) is 9.68 Å². The fraction of sp³-hybridized carbons (Fsp3) is 0.364. The second-order valence-corrected chi connectivity index (χ2v) is 3.60. The third-order valence-electron chi connectivity index (χ3n) is 2.28. The molecule has 0 aromatic carbocycles. The van der Waals surface area contributed by atoms with Gasteiger partial charge in [-0.1, -0.05) is 0 Å². The van der Waals surface area contributed by atoms with E-state index in [0.717, 1.165) is 19.5 Å². The molecule has 0 saturated carbocycles. The molecule has 0 aliphatic rings. The van der Waals surface area contributed by atoms with E-state index in [1.807, 2.05) is 16.8 Å². The summed E-state index contributed by atoms with van der Waals surface area (Å²) in [7, 11) is 0. The Kier molecular flexibility index (Phi) is 3.40. The van der Waals surface area contributed by atoms with Gasteiger partial charge in [0.05, 0.1) is 6.33 Å². The van der Waals surface area contributed by atoms with Crippen LogP contribution in [0.25, 0.3) is 0 Å². The Labute approximate surface area is 98.9 Å². The number of aromatic nitrogens is 3. The highest BCUT2D eigenvalue weighted by Gasteiger charge is 2.08. The summed E-state index contributed by atoms with van der Waals surface area (Å²) in [6.07, 6.45) is 6.36. The molecule has 2 heterocycles. The van der Waals surface area contributed by atoms with Crippen LogP contribution >= 0.6 is 0 Å². The zero-order valence-corrected chi connectivity index (χ0v) is 9.55. The Balaban J connectivity index is 1.80. The minimum atomic E-state index is 0.310. The van der Waals surface area contributed by atoms with Crippen LogP contribution in [0.15, 0.2) is 23.1 Å². The molecule has 17 heavy (non-hydrogen) atoms. The van der Waals surface area contributed by atoms with Gasteiger partial charge in [0.1, 0.15) is 6.07 Å². The van der Waals surface area contributed by atoms with Crippen LogP contribution in [0.5, 0.6) is 0 Å². The Morgan fingerprint density at radius 3 is 3.18 bits per heavy atom. The number of oxazole rings is 1. The van der Waals surface area contributed by atoms with Crippen molar-refractivity contribution in [3.63, 3.8) is 0 Å². The molecule has 6 heteroatoms. The average Bonchev–Trinajstić information content (AvgIpc) is 2.93. The van der Waals surface area contributed by atoms with Crippen molar-refractivity contribution < 1.29 is 4.42 Å². The summed E-state index contributed by atoms with van der Waals surface area (Å²) in [6, 6.07) is 1.99. The van der Waals surface area contributed by atoms with Crippen molar-refractivity contribution in [1.82, 2.24) is 14.5 Å². The molecule has 0 aliphatic heterocycles. The van der Waals surface area contributed by atoms with Gasteiger partial charge in [0.25, 0.3) is 0 Å². The van der Waals surface area contributed by atoms with Crippen molar-refractivity contribution in [2.24, 2.45) is 0 Å². The predicted molar refractivity (Wildman–Crippen MR) is 61.3 cm³/mol. The van der Waals surface area contributed by atoms with Crippen molar-refractivity contribution in [3.8, 4) is 6.07 Å². The third kappa shape index (κ3) is 2.84. The number of hydrogen-bond donors (Lipinski definition) is 1. The Morgan fingerprint density at radius 2 is 2.47 bits per heavy atom. The van der Waals surface area contributed by atoms with E-state index < -0.39 is 0 Å². The smallest absolute Gasteiger partial charge is 0.232 e. The van der Waals surface area contributed by atoms with Gasteiger partial charge in [0.15, 0.2) is 5.89 Å². The van der Waals surface area contributed by atoms with Gasteiger partial charge in [-0.05, 0) is 6.42 Å². The van der Waals surface area contributed by atoms with Gasteiger partial charge in [-0.25, -0.2) is 9.97 Å². The van der Waals surface area contributed by atoms with Crippen LogP contribution in [0.4, 0.5) is 5.88 Å². The van der Waals surface area contributed by atoms with Gasteiger partial charge in [0.2, 0.25) is 11.6 Å². The number of hydrogen-bond acceptors (Lipinski definition) is 5. The third-order valence-corrected chi connectivity index (χ3v) is 2.28. The summed E-state index contributed by atoms with van der Waals surface area (Å²) in [5.41, 5.74) is 0.310. The highest BCUT2D eigenvalue weighted by molar-refractivity contribution is 5.44. The Bertz CT molecular complexity index is 508. The summed E-state index contributed by atoms with van der Waals surface area (Å²) in [5.74, 6) is 0.953. The molecule has 88 valence electrons. The van der Waals surface area contributed by atoms with E-state index >= 15 is 0 Å². The Hall–Kier alpha value is -2.29. The fourth-order valence-corrected chi connectivity index (χ4v) is 1.51. The highest BCUT2D eigenvalue weighted by Crippen LogP contribution is 2.15. The first-order valence-electron chi connectivity index (χ1n) is 5.36. The zero-order valence-electron chi connectivity index (χ0n) is 9.55. The number of nitrogens with zero attached hydrogens (tertiary/aromatic N) is 4. The predicted octanol–water partition coefficient (Wildman–Crippen LogP) is 1.55. The molecule has 6 nitrogen and oxygen atoms in total. The largest absolute Gasteiger partial charge is 0.424 e. The summed E-state index contributed by atoms with van der Waals surface area (Å²) in [6.45, 7) is 3.32. The lowest BCUT2D eigenvalue weighted by molar-refractivity contribution is 0.529. The number of anilines is 1. The number of aryl methyl sites for hydroxylation is 2. The molecule has 2 rings (SSSR count). The van der Waals surface area contributed by atoms with Crippen molar-refractivity contribution in [2.75, 3.05) is 11.9 Å². The van der Waals surface area contributed by atoms with E-state index in [2.05, 4.69) is 15.3 Å².